The molecule has 2 atom stereocenters. The predicted octanol–water partition coefficient (Wildman–Crippen LogP) is 2.07. The molecule has 174 valence electrons. The Kier molecular flexibility index (Phi) is 9.61. The fraction of sp³-hybridized carbons (Fsp3) is 0.280. The number of hydrogen-bond donors (Lipinski definition) is 3. The molecule has 1 unspecified atom stereocenters. The van der Waals surface area contributed by atoms with Crippen LogP contribution in [0.1, 0.15) is 41.6 Å². The molecule has 0 aliphatic carbocycles. The molecule has 3 N–H and O–H groups in total. The van der Waals surface area contributed by atoms with Gasteiger partial charge in [-0.2, -0.15) is 0 Å². The summed E-state index contributed by atoms with van der Waals surface area (Å²) < 4.78 is 0. The third-order valence-corrected chi connectivity index (χ3v) is 5.60. The second-order valence-electron chi connectivity index (χ2n) is 8.18. The number of urea groups is 1. The summed E-state index contributed by atoms with van der Waals surface area (Å²) in [5, 5.41) is 14.4. The monoisotopic (exact) mass is 473 g/mol. The van der Waals surface area contributed by atoms with Crippen molar-refractivity contribution < 1.29 is 24.3 Å². The predicted molar refractivity (Wildman–Crippen MR) is 130 cm³/mol. The average molecular weight is 474 g/mol. The number of aryl methyl sites for hydroxylation is 1. The topological polar surface area (TPSA) is 116 Å². The summed E-state index contributed by atoms with van der Waals surface area (Å²) in [4.78, 5) is 50.0. The Balaban J connectivity index is 0.00000408. The molecule has 1 aliphatic rings. The number of nitrogens with zero attached hydrogens (tertiary/aromatic N) is 1. The van der Waals surface area contributed by atoms with Gasteiger partial charge in [-0.15, -0.1) is 0 Å². The van der Waals surface area contributed by atoms with Gasteiger partial charge in [0.2, 0.25) is 0 Å². The first-order valence-electron chi connectivity index (χ1n) is 10.6. The van der Waals surface area contributed by atoms with Gasteiger partial charge in [-0.25, -0.2) is 4.79 Å². The van der Waals surface area contributed by atoms with Crippen molar-refractivity contribution in [2.75, 3.05) is 7.05 Å². The zero-order valence-corrected chi connectivity index (χ0v) is 18.8. The van der Waals surface area contributed by atoms with Crippen molar-refractivity contribution in [1.82, 2.24) is 15.5 Å². The van der Waals surface area contributed by atoms with E-state index < -0.39 is 35.8 Å². The number of ketones is 1. The Bertz CT molecular complexity index is 1130. The first-order valence-corrected chi connectivity index (χ1v) is 10.6. The quantitative estimate of drug-likeness (QED) is 0.421. The summed E-state index contributed by atoms with van der Waals surface area (Å²) in [6.45, 7) is 3.59. The molecule has 0 radical (unpaired) electrons. The van der Waals surface area contributed by atoms with Gasteiger partial charge in [-0.1, -0.05) is 48.5 Å². The molecule has 2 aromatic rings. The van der Waals surface area contributed by atoms with Crippen LogP contribution in [0.5, 0.6) is 0 Å². The van der Waals surface area contributed by atoms with Crippen LogP contribution in [-0.4, -0.2) is 76.3 Å². The van der Waals surface area contributed by atoms with Crippen LogP contribution >= 0.6 is 0 Å². The summed E-state index contributed by atoms with van der Waals surface area (Å²) in [5.41, 5.74) is 4.23. The number of carboxylic acids is 1. The maximum absolute atomic E-state index is 12.6. The van der Waals surface area contributed by atoms with E-state index in [1.807, 2.05) is 49.4 Å². The van der Waals surface area contributed by atoms with E-state index in [2.05, 4.69) is 10.6 Å². The van der Waals surface area contributed by atoms with Gasteiger partial charge >= 0.3 is 41.6 Å². The van der Waals surface area contributed by atoms with Crippen molar-refractivity contribution in [1.29, 1.82) is 0 Å². The molecule has 2 aromatic carbocycles. The Labute approximate surface area is 220 Å². The second-order valence-corrected chi connectivity index (χ2v) is 8.18. The number of benzene rings is 2. The first kappa shape index (κ1) is 27.3. The van der Waals surface area contributed by atoms with Gasteiger partial charge in [-0.3, -0.25) is 14.4 Å². The van der Waals surface area contributed by atoms with Crippen LogP contribution in [0.4, 0.5) is 4.79 Å². The Morgan fingerprint density at radius 3 is 2.47 bits per heavy atom. The van der Waals surface area contributed by atoms with Crippen molar-refractivity contribution in [3.05, 3.63) is 82.6 Å². The molecule has 0 fully saturated rings. The van der Waals surface area contributed by atoms with E-state index in [-0.39, 0.29) is 36.0 Å². The molecule has 3 rings (SSSR count). The number of aliphatic carboxylic acids is 1. The third-order valence-electron chi connectivity index (χ3n) is 5.60. The molecule has 0 saturated carbocycles. The van der Waals surface area contributed by atoms with Crippen LogP contribution in [0.25, 0.3) is 0 Å². The summed E-state index contributed by atoms with van der Waals surface area (Å²) in [6.07, 6.45) is 1.72. The van der Waals surface area contributed by atoms with E-state index in [0.717, 1.165) is 16.7 Å². The van der Waals surface area contributed by atoms with Gasteiger partial charge in [0.05, 0.1) is 12.5 Å². The van der Waals surface area contributed by atoms with E-state index >= 15 is 0 Å². The van der Waals surface area contributed by atoms with Crippen molar-refractivity contribution in [2.24, 2.45) is 0 Å². The number of rotatable bonds is 7. The van der Waals surface area contributed by atoms with Crippen LogP contribution in [0.2, 0.25) is 0 Å². The number of carboxylic acid groups (broad SMARTS) is 1. The van der Waals surface area contributed by atoms with Crippen LogP contribution in [0.15, 0.2) is 60.3 Å². The van der Waals surface area contributed by atoms with Crippen molar-refractivity contribution in [3.63, 3.8) is 0 Å². The van der Waals surface area contributed by atoms with Gasteiger partial charge in [-0.05, 0) is 42.5 Å². The number of nitrogens with one attached hydrogen (secondary N) is 2. The number of Topliss-reactive ketones (excluding diaryl/α,β-unsaturated/α-hetero) is 1. The zero-order valence-electron chi connectivity index (χ0n) is 18.8. The molecule has 1 aliphatic heterocycles. The number of likely N-dealkylation sites (N-methyl/N-ethyl adjacent to an activating group) is 1. The van der Waals surface area contributed by atoms with E-state index in [9.17, 15) is 24.3 Å². The molecule has 1 heterocycles. The average Bonchev–Trinajstić information content (AvgIpc) is 2.76. The van der Waals surface area contributed by atoms with Crippen molar-refractivity contribution in [2.45, 2.75) is 38.8 Å². The molecule has 34 heavy (non-hydrogen) atoms. The molecule has 0 spiro atoms. The van der Waals surface area contributed by atoms with Crippen LogP contribution in [0.3, 0.4) is 0 Å². The number of amides is 3. The molecule has 0 bridgehead atoms. The van der Waals surface area contributed by atoms with E-state index in [1.54, 1.807) is 13.0 Å². The summed E-state index contributed by atoms with van der Waals surface area (Å²) in [6, 6.07) is 12.4. The summed E-state index contributed by atoms with van der Waals surface area (Å²) in [7, 11) is 1.50. The SMILES string of the molecule is CC1=CN(C)C(=O)C(NC(=O)N[C@@H](CC(=O)O)c2cccc(Cc3ccccc3C)c2)C1=O.[NaH]. The number of hydrogen-bond acceptors (Lipinski definition) is 4. The maximum atomic E-state index is 12.6. The minimum atomic E-state index is -1.35. The number of carbonyl (C=O) groups excluding carboxylic acids is 3. The van der Waals surface area contributed by atoms with Gasteiger partial charge < -0.3 is 20.6 Å². The minimum absolute atomic E-state index is 0. The molecule has 0 aromatic heterocycles. The molecular weight excluding hydrogens is 445 g/mol. The summed E-state index contributed by atoms with van der Waals surface area (Å²) >= 11 is 0. The fourth-order valence-electron chi connectivity index (χ4n) is 3.79. The third kappa shape index (κ3) is 6.79. The molecule has 3 amide bonds. The van der Waals surface area contributed by atoms with E-state index in [4.69, 9.17) is 0 Å². The molecule has 9 heteroatoms. The Morgan fingerprint density at radius 2 is 1.79 bits per heavy atom. The summed E-state index contributed by atoms with van der Waals surface area (Å²) in [5.74, 6) is -2.15. The fourth-order valence-corrected chi connectivity index (χ4v) is 3.79. The second kappa shape index (κ2) is 12.0. The molecule has 8 nitrogen and oxygen atoms in total. The van der Waals surface area contributed by atoms with Gasteiger partial charge in [0.1, 0.15) is 0 Å². The van der Waals surface area contributed by atoms with Crippen molar-refractivity contribution >= 4 is 53.2 Å². The van der Waals surface area contributed by atoms with Gasteiger partial charge in [0.25, 0.3) is 5.91 Å². The van der Waals surface area contributed by atoms with Gasteiger partial charge in [0.15, 0.2) is 11.8 Å². The van der Waals surface area contributed by atoms with Crippen LogP contribution in [-0.2, 0) is 20.8 Å². The molecular formula is C25H28N3NaO5. The van der Waals surface area contributed by atoms with Gasteiger partial charge in [0, 0.05) is 18.8 Å². The van der Waals surface area contributed by atoms with Crippen LogP contribution in [0, 0.1) is 6.92 Å². The standard InChI is InChI=1S/C25H27N3O5.Na.H/c1-15-7-4-5-9-18(15)11-17-8-6-10-19(12-17)20(13-21(29)30)26-25(33)27-22-23(31)16(2)14-28(3)24(22)32;;/h4-10,12,14,20,22H,11,13H2,1-3H3,(H,29,30)(H2,26,27,33);;/t20-,22?;;/m0../s1. The van der Waals surface area contributed by atoms with E-state index in [0.29, 0.717) is 17.6 Å². The Morgan fingerprint density at radius 1 is 1.09 bits per heavy atom. The number of carbonyl (C=O) groups is 4. The Hall–Kier alpha value is -2.94. The van der Waals surface area contributed by atoms with Crippen LogP contribution < -0.4 is 10.6 Å². The normalized spacial score (nSPS) is 16.3. The first-order chi connectivity index (χ1) is 15.7. The molecule has 0 saturated heterocycles. The zero-order chi connectivity index (χ0) is 24.1. The van der Waals surface area contributed by atoms with Crippen molar-refractivity contribution in [3.8, 4) is 0 Å². The van der Waals surface area contributed by atoms with E-state index in [1.165, 1.54) is 18.1 Å².